The van der Waals surface area contributed by atoms with Crippen LogP contribution >= 0.6 is 0 Å². The Kier molecular flexibility index (Phi) is 5.35. The van der Waals surface area contributed by atoms with Crippen LogP contribution < -0.4 is 4.90 Å². The molecule has 1 aliphatic heterocycles. The van der Waals surface area contributed by atoms with Gasteiger partial charge < -0.3 is 8.92 Å². The number of ether oxygens (including phenoxy) is 1. The molecule has 3 rings (SSSR count). The summed E-state index contributed by atoms with van der Waals surface area (Å²) in [4.78, 5) is 14.1. The Balaban J connectivity index is 2.02. The van der Waals surface area contributed by atoms with Crippen LogP contribution in [-0.4, -0.2) is 32.2 Å². The molecule has 1 aliphatic carbocycles. The molecule has 0 saturated carbocycles. The lowest BCUT2D eigenvalue weighted by atomic mass is 9.99. The third-order valence-corrected chi connectivity index (χ3v) is 5.58. The molecular formula is C19H22F3NO5S. The minimum atomic E-state index is -5.75. The van der Waals surface area contributed by atoms with E-state index in [9.17, 15) is 26.4 Å². The van der Waals surface area contributed by atoms with E-state index >= 15 is 0 Å². The van der Waals surface area contributed by atoms with Gasteiger partial charge in [-0.05, 0) is 45.6 Å². The number of rotatable bonds is 3. The quantitative estimate of drug-likeness (QED) is 0.508. The van der Waals surface area contributed by atoms with E-state index in [1.54, 1.807) is 32.9 Å². The lowest BCUT2D eigenvalue weighted by molar-refractivity contribution is -0.0522. The molecule has 1 amide bonds. The molecule has 10 heteroatoms. The van der Waals surface area contributed by atoms with E-state index in [1.807, 2.05) is 6.07 Å². The number of amides is 1. The van der Waals surface area contributed by atoms with E-state index < -0.39 is 27.3 Å². The Hall–Kier alpha value is -2.23. The molecule has 29 heavy (non-hydrogen) atoms. The monoisotopic (exact) mass is 433 g/mol. The summed E-state index contributed by atoms with van der Waals surface area (Å²) < 4.78 is 71.1. The first-order chi connectivity index (χ1) is 13.3. The van der Waals surface area contributed by atoms with Crippen molar-refractivity contribution in [1.82, 2.24) is 0 Å². The van der Waals surface area contributed by atoms with Gasteiger partial charge in [0.25, 0.3) is 0 Å². The number of allylic oxidation sites excluding steroid dienone is 2. The highest BCUT2D eigenvalue weighted by molar-refractivity contribution is 7.87. The summed E-state index contributed by atoms with van der Waals surface area (Å²) in [6.07, 6.45) is 0.871. The summed E-state index contributed by atoms with van der Waals surface area (Å²) in [5.74, 6) is -0.230. The molecule has 1 aromatic carbocycles. The lowest BCUT2D eigenvalue weighted by Gasteiger charge is -2.26. The van der Waals surface area contributed by atoms with Crippen molar-refractivity contribution in [2.45, 2.75) is 57.6 Å². The van der Waals surface area contributed by atoms with Gasteiger partial charge in [0.2, 0.25) is 0 Å². The molecule has 1 aromatic rings. The van der Waals surface area contributed by atoms with E-state index in [0.29, 0.717) is 42.6 Å². The van der Waals surface area contributed by atoms with Crippen molar-refractivity contribution in [2.75, 3.05) is 11.4 Å². The summed E-state index contributed by atoms with van der Waals surface area (Å²) >= 11 is 0. The van der Waals surface area contributed by atoms with Gasteiger partial charge in [-0.15, -0.1) is 0 Å². The predicted octanol–water partition coefficient (Wildman–Crippen LogP) is 4.75. The van der Waals surface area contributed by atoms with E-state index in [2.05, 4.69) is 4.18 Å². The van der Waals surface area contributed by atoms with E-state index in [-0.39, 0.29) is 12.2 Å². The number of carbonyl (C=O) groups is 1. The third-order valence-electron chi connectivity index (χ3n) is 4.59. The summed E-state index contributed by atoms with van der Waals surface area (Å²) in [7, 11) is -5.75. The number of halogens is 3. The average Bonchev–Trinajstić information content (AvgIpc) is 3.18. The van der Waals surface area contributed by atoms with Crippen LogP contribution in [0.2, 0.25) is 0 Å². The normalized spacial score (nSPS) is 17.5. The second-order valence-corrected chi connectivity index (χ2v) is 9.47. The number of hydrogen-bond donors (Lipinski definition) is 0. The standard InChI is InChI=1S/C19H22F3NO5S/c1-18(2,3)27-17(24)23-11-10-12-6-4-8-14(16(12)23)13-7-5-9-15(13)28-29(25,26)19(20,21)22/h4,6,8H,5,7,9-11H2,1-3H3. The fourth-order valence-electron chi connectivity index (χ4n) is 3.47. The molecule has 1 heterocycles. The van der Waals surface area contributed by atoms with Crippen molar-refractivity contribution in [3.63, 3.8) is 0 Å². The Morgan fingerprint density at radius 1 is 1.10 bits per heavy atom. The number of nitrogens with zero attached hydrogens (tertiary/aromatic N) is 1. The fraction of sp³-hybridized carbons (Fsp3) is 0.526. The molecule has 0 unspecified atom stereocenters. The third kappa shape index (κ3) is 4.36. The first kappa shape index (κ1) is 21.5. The van der Waals surface area contributed by atoms with Gasteiger partial charge in [-0.1, -0.05) is 18.2 Å². The molecule has 2 aliphatic rings. The van der Waals surface area contributed by atoms with Crippen LogP contribution in [0, 0.1) is 0 Å². The number of alkyl halides is 3. The summed E-state index contributed by atoms with van der Waals surface area (Å²) in [6, 6.07) is 5.21. The van der Waals surface area contributed by atoms with Crippen LogP contribution in [0.25, 0.3) is 5.57 Å². The zero-order chi connectivity index (χ0) is 21.6. The maximum Gasteiger partial charge on any atom is 0.534 e. The van der Waals surface area contributed by atoms with Gasteiger partial charge in [-0.25, -0.2) is 4.79 Å². The molecule has 160 valence electrons. The molecule has 0 radical (unpaired) electrons. The van der Waals surface area contributed by atoms with Gasteiger partial charge in [0.1, 0.15) is 11.4 Å². The fourth-order valence-corrected chi connectivity index (χ4v) is 4.01. The van der Waals surface area contributed by atoms with E-state index in [0.717, 1.165) is 5.56 Å². The second-order valence-electron chi connectivity index (χ2n) is 7.93. The maximum atomic E-state index is 12.8. The highest BCUT2D eigenvalue weighted by Crippen LogP contribution is 2.44. The molecule has 6 nitrogen and oxygen atoms in total. The van der Waals surface area contributed by atoms with Gasteiger partial charge in [-0.3, -0.25) is 4.90 Å². The van der Waals surface area contributed by atoms with Crippen molar-refractivity contribution < 1.29 is 35.3 Å². The zero-order valence-electron chi connectivity index (χ0n) is 16.3. The number of para-hydroxylation sites is 1. The van der Waals surface area contributed by atoms with Crippen molar-refractivity contribution in [3.05, 3.63) is 35.1 Å². The molecule has 0 atom stereocenters. The molecule has 0 saturated heterocycles. The van der Waals surface area contributed by atoms with Gasteiger partial charge in [0.05, 0.1) is 5.69 Å². The summed E-state index contributed by atoms with van der Waals surface area (Å²) in [5.41, 5.74) is -3.98. The number of benzene rings is 1. The van der Waals surface area contributed by atoms with Gasteiger partial charge in [0.15, 0.2) is 0 Å². The van der Waals surface area contributed by atoms with Crippen LogP contribution in [0.1, 0.15) is 51.2 Å². The van der Waals surface area contributed by atoms with Crippen molar-refractivity contribution in [1.29, 1.82) is 0 Å². The van der Waals surface area contributed by atoms with Crippen LogP contribution in [0.4, 0.5) is 23.7 Å². The first-order valence-corrected chi connectivity index (χ1v) is 10.6. The lowest BCUT2D eigenvalue weighted by Crippen LogP contribution is -2.36. The van der Waals surface area contributed by atoms with Gasteiger partial charge >= 0.3 is 21.7 Å². The molecule has 0 bridgehead atoms. The van der Waals surface area contributed by atoms with Crippen molar-refractivity contribution >= 4 is 27.5 Å². The Morgan fingerprint density at radius 3 is 2.41 bits per heavy atom. The number of hydrogen-bond acceptors (Lipinski definition) is 5. The predicted molar refractivity (Wildman–Crippen MR) is 101 cm³/mol. The minimum absolute atomic E-state index is 0.0702. The Morgan fingerprint density at radius 2 is 1.79 bits per heavy atom. The van der Waals surface area contributed by atoms with Gasteiger partial charge in [0, 0.05) is 24.1 Å². The minimum Gasteiger partial charge on any atom is -0.443 e. The largest absolute Gasteiger partial charge is 0.534 e. The van der Waals surface area contributed by atoms with Crippen molar-refractivity contribution in [3.8, 4) is 0 Å². The topological polar surface area (TPSA) is 72.9 Å². The van der Waals surface area contributed by atoms with E-state index in [1.165, 1.54) is 4.90 Å². The average molecular weight is 433 g/mol. The van der Waals surface area contributed by atoms with Gasteiger partial charge in [-0.2, -0.15) is 21.6 Å². The Labute approximate surface area is 167 Å². The summed E-state index contributed by atoms with van der Waals surface area (Å²) in [5, 5.41) is 0. The van der Waals surface area contributed by atoms with Crippen LogP contribution in [0.3, 0.4) is 0 Å². The maximum absolute atomic E-state index is 12.8. The summed E-state index contributed by atoms with van der Waals surface area (Å²) in [6.45, 7) is 5.58. The van der Waals surface area contributed by atoms with Crippen molar-refractivity contribution in [2.24, 2.45) is 0 Å². The van der Waals surface area contributed by atoms with Crippen LogP contribution in [-0.2, 0) is 25.5 Å². The number of carbonyl (C=O) groups excluding carboxylic acids is 1. The smallest absolute Gasteiger partial charge is 0.443 e. The molecule has 0 fully saturated rings. The SMILES string of the molecule is CC(C)(C)OC(=O)N1CCc2cccc(C3=C(OS(=O)(=O)C(F)(F)F)CCC3)c21. The first-order valence-electron chi connectivity index (χ1n) is 9.16. The number of fused-ring (bicyclic) bond motifs is 1. The molecular weight excluding hydrogens is 411 g/mol. The second kappa shape index (κ2) is 7.23. The van der Waals surface area contributed by atoms with Crippen LogP contribution in [0.5, 0.6) is 0 Å². The molecule has 0 aromatic heterocycles. The number of anilines is 1. The highest BCUT2D eigenvalue weighted by atomic mass is 32.2. The molecule has 0 spiro atoms. The van der Waals surface area contributed by atoms with E-state index in [4.69, 9.17) is 4.74 Å². The zero-order valence-corrected chi connectivity index (χ0v) is 17.1. The molecule has 0 N–H and O–H groups in total. The highest BCUT2D eigenvalue weighted by Gasteiger charge is 2.49. The Bertz CT molecular complexity index is 961. The van der Waals surface area contributed by atoms with Crippen LogP contribution in [0.15, 0.2) is 24.0 Å².